The molecule has 0 aromatic carbocycles. The molecule has 1 aromatic rings. The normalized spacial score (nSPS) is 18.6. The molecule has 0 spiro atoms. The second-order valence-electron chi connectivity index (χ2n) is 4.83. The van der Waals surface area contributed by atoms with E-state index in [4.69, 9.17) is 9.84 Å². The van der Waals surface area contributed by atoms with Crippen molar-refractivity contribution in [3.63, 3.8) is 0 Å². The minimum Gasteiger partial charge on any atom is -0.477 e. The Morgan fingerprint density at radius 1 is 1.57 bits per heavy atom. The molecular formula is C13H19N3O4S. The van der Waals surface area contributed by atoms with E-state index in [1.54, 1.807) is 11.8 Å². The molecule has 1 atom stereocenters. The highest BCUT2D eigenvalue weighted by Gasteiger charge is 2.23. The lowest BCUT2D eigenvalue weighted by Crippen LogP contribution is -2.49. The standard InChI is InChI=1S/C13H19N3O4S/c1-3-9-7-16(4-5-20-9)13(19)14-6-10-15-8(2)11(21-10)12(17)18/h9H,3-7H2,1-2H3,(H,14,19)(H,17,18). The van der Waals surface area contributed by atoms with E-state index in [0.29, 0.717) is 30.4 Å². The Bertz CT molecular complexity index is 531. The number of aromatic nitrogens is 1. The number of carboxylic acid groups (broad SMARTS) is 1. The van der Waals surface area contributed by atoms with Gasteiger partial charge in [-0.2, -0.15) is 0 Å². The average Bonchev–Trinajstić information content (AvgIpc) is 2.86. The molecule has 1 aromatic heterocycles. The first kappa shape index (κ1) is 15.7. The van der Waals surface area contributed by atoms with Crippen molar-refractivity contribution in [2.45, 2.75) is 32.9 Å². The summed E-state index contributed by atoms with van der Waals surface area (Å²) in [5, 5.41) is 12.4. The molecule has 1 fully saturated rings. The van der Waals surface area contributed by atoms with Crippen LogP contribution in [0.5, 0.6) is 0 Å². The third-order valence-electron chi connectivity index (χ3n) is 3.31. The number of carboxylic acids is 1. The topological polar surface area (TPSA) is 91.8 Å². The Morgan fingerprint density at radius 3 is 2.95 bits per heavy atom. The molecule has 0 radical (unpaired) electrons. The summed E-state index contributed by atoms with van der Waals surface area (Å²) in [7, 11) is 0. The van der Waals surface area contributed by atoms with Crippen LogP contribution in [0, 0.1) is 6.92 Å². The molecule has 8 heteroatoms. The summed E-state index contributed by atoms with van der Waals surface area (Å²) in [6.45, 7) is 5.62. The molecule has 0 saturated carbocycles. The average molecular weight is 313 g/mol. The smallest absolute Gasteiger partial charge is 0.347 e. The summed E-state index contributed by atoms with van der Waals surface area (Å²) in [5.41, 5.74) is 0.481. The van der Waals surface area contributed by atoms with Crippen LogP contribution >= 0.6 is 11.3 Å². The molecule has 21 heavy (non-hydrogen) atoms. The number of aromatic carboxylic acids is 1. The minimum atomic E-state index is -0.985. The Labute approximate surface area is 126 Å². The van der Waals surface area contributed by atoms with Crippen molar-refractivity contribution in [2.75, 3.05) is 19.7 Å². The number of morpholine rings is 1. The van der Waals surface area contributed by atoms with Gasteiger partial charge < -0.3 is 20.1 Å². The van der Waals surface area contributed by atoms with Crippen LogP contribution in [-0.2, 0) is 11.3 Å². The van der Waals surface area contributed by atoms with Gasteiger partial charge in [0.1, 0.15) is 9.88 Å². The molecule has 0 bridgehead atoms. The van der Waals surface area contributed by atoms with Crippen LogP contribution < -0.4 is 5.32 Å². The lowest BCUT2D eigenvalue weighted by Gasteiger charge is -2.32. The van der Waals surface area contributed by atoms with Crippen molar-refractivity contribution in [2.24, 2.45) is 0 Å². The molecule has 1 unspecified atom stereocenters. The Morgan fingerprint density at radius 2 is 2.33 bits per heavy atom. The van der Waals surface area contributed by atoms with Crippen molar-refractivity contribution in [1.29, 1.82) is 0 Å². The zero-order valence-electron chi connectivity index (χ0n) is 12.1. The fourth-order valence-electron chi connectivity index (χ4n) is 2.14. The zero-order chi connectivity index (χ0) is 15.4. The second-order valence-corrected chi connectivity index (χ2v) is 5.92. The Kier molecular flexibility index (Phi) is 5.13. The van der Waals surface area contributed by atoms with Gasteiger partial charge in [-0.05, 0) is 13.3 Å². The lowest BCUT2D eigenvalue weighted by molar-refractivity contribution is -0.0154. The van der Waals surface area contributed by atoms with Gasteiger partial charge in [0.25, 0.3) is 0 Å². The molecule has 2 heterocycles. The molecule has 1 saturated heterocycles. The fourth-order valence-corrected chi connectivity index (χ4v) is 2.98. The van der Waals surface area contributed by atoms with Crippen molar-refractivity contribution in [3.8, 4) is 0 Å². The van der Waals surface area contributed by atoms with E-state index in [0.717, 1.165) is 17.8 Å². The van der Waals surface area contributed by atoms with E-state index in [2.05, 4.69) is 10.3 Å². The van der Waals surface area contributed by atoms with Gasteiger partial charge in [0, 0.05) is 13.1 Å². The second kappa shape index (κ2) is 6.86. The molecular weight excluding hydrogens is 294 g/mol. The minimum absolute atomic E-state index is 0.0882. The van der Waals surface area contributed by atoms with Gasteiger partial charge in [0.15, 0.2) is 0 Å². The number of thiazole rings is 1. The van der Waals surface area contributed by atoms with Gasteiger partial charge in [-0.3, -0.25) is 0 Å². The predicted octanol–water partition coefficient (Wildman–Crippen LogP) is 1.47. The summed E-state index contributed by atoms with van der Waals surface area (Å²) < 4.78 is 5.52. The van der Waals surface area contributed by atoms with Crippen LogP contribution in [0.2, 0.25) is 0 Å². The maximum Gasteiger partial charge on any atom is 0.347 e. The van der Waals surface area contributed by atoms with Gasteiger partial charge in [0.05, 0.1) is 24.9 Å². The largest absolute Gasteiger partial charge is 0.477 e. The summed E-state index contributed by atoms with van der Waals surface area (Å²) in [6, 6.07) is -0.165. The number of aryl methyl sites for hydroxylation is 1. The maximum atomic E-state index is 12.1. The molecule has 0 aliphatic carbocycles. The fraction of sp³-hybridized carbons (Fsp3) is 0.615. The number of amides is 2. The number of urea groups is 1. The lowest BCUT2D eigenvalue weighted by atomic mass is 10.2. The first-order chi connectivity index (χ1) is 10.0. The van der Waals surface area contributed by atoms with E-state index in [1.807, 2.05) is 6.92 Å². The number of nitrogens with zero attached hydrogens (tertiary/aromatic N) is 2. The molecule has 1 aliphatic rings. The van der Waals surface area contributed by atoms with E-state index < -0.39 is 5.97 Å². The number of hydrogen-bond acceptors (Lipinski definition) is 5. The van der Waals surface area contributed by atoms with E-state index in [1.165, 1.54) is 0 Å². The first-order valence-electron chi connectivity index (χ1n) is 6.85. The van der Waals surface area contributed by atoms with Crippen molar-refractivity contribution in [3.05, 3.63) is 15.6 Å². The highest BCUT2D eigenvalue weighted by atomic mass is 32.1. The summed E-state index contributed by atoms with van der Waals surface area (Å²) in [4.78, 5) is 29.1. The molecule has 1 aliphatic heterocycles. The summed E-state index contributed by atoms with van der Waals surface area (Å²) in [6.07, 6.45) is 0.961. The highest BCUT2D eigenvalue weighted by molar-refractivity contribution is 7.13. The molecule has 2 amide bonds. The van der Waals surface area contributed by atoms with Crippen LogP contribution in [0.25, 0.3) is 0 Å². The van der Waals surface area contributed by atoms with Crippen LogP contribution in [0.15, 0.2) is 0 Å². The van der Waals surface area contributed by atoms with E-state index >= 15 is 0 Å². The predicted molar refractivity (Wildman–Crippen MR) is 77.7 cm³/mol. The molecule has 2 rings (SSSR count). The third-order valence-corrected chi connectivity index (χ3v) is 4.45. The van der Waals surface area contributed by atoms with Crippen LogP contribution in [0.4, 0.5) is 4.79 Å². The molecule has 7 nitrogen and oxygen atoms in total. The Balaban J connectivity index is 1.89. The third kappa shape index (κ3) is 3.92. The van der Waals surface area contributed by atoms with Crippen LogP contribution in [0.3, 0.4) is 0 Å². The molecule has 116 valence electrons. The molecule has 2 N–H and O–H groups in total. The number of ether oxygens (including phenoxy) is 1. The van der Waals surface area contributed by atoms with E-state index in [-0.39, 0.29) is 23.6 Å². The van der Waals surface area contributed by atoms with Crippen LogP contribution in [-0.4, -0.2) is 52.8 Å². The summed E-state index contributed by atoms with van der Waals surface area (Å²) in [5.74, 6) is -0.985. The highest BCUT2D eigenvalue weighted by Crippen LogP contribution is 2.18. The zero-order valence-corrected chi connectivity index (χ0v) is 12.9. The van der Waals surface area contributed by atoms with Crippen LogP contribution in [0.1, 0.15) is 33.7 Å². The Hall–Kier alpha value is -1.67. The SMILES string of the molecule is CCC1CN(C(=O)NCc2nc(C)c(C(=O)O)s2)CCO1. The first-order valence-corrected chi connectivity index (χ1v) is 7.66. The number of carbonyl (C=O) groups is 2. The number of carbonyl (C=O) groups excluding carboxylic acids is 1. The number of hydrogen-bond donors (Lipinski definition) is 2. The van der Waals surface area contributed by atoms with Crippen molar-refractivity contribution in [1.82, 2.24) is 15.2 Å². The quantitative estimate of drug-likeness (QED) is 0.878. The summed E-state index contributed by atoms with van der Waals surface area (Å²) >= 11 is 1.09. The number of nitrogens with one attached hydrogen (secondary N) is 1. The van der Waals surface area contributed by atoms with Gasteiger partial charge in [-0.25, -0.2) is 14.6 Å². The van der Waals surface area contributed by atoms with Gasteiger partial charge >= 0.3 is 12.0 Å². The van der Waals surface area contributed by atoms with Crippen molar-refractivity contribution >= 4 is 23.3 Å². The monoisotopic (exact) mass is 313 g/mol. The van der Waals surface area contributed by atoms with Gasteiger partial charge in [0.2, 0.25) is 0 Å². The van der Waals surface area contributed by atoms with Gasteiger partial charge in [-0.1, -0.05) is 6.92 Å². The van der Waals surface area contributed by atoms with Crippen molar-refractivity contribution < 1.29 is 19.4 Å². The maximum absolute atomic E-state index is 12.1. The van der Waals surface area contributed by atoms with Gasteiger partial charge in [-0.15, -0.1) is 11.3 Å². The number of rotatable bonds is 4. The van der Waals surface area contributed by atoms with E-state index in [9.17, 15) is 9.59 Å².